The van der Waals surface area contributed by atoms with Gasteiger partial charge in [-0.2, -0.15) is 0 Å². The van der Waals surface area contributed by atoms with Gasteiger partial charge in [-0.05, 0) is 24.6 Å². The number of nitrogens with two attached hydrogens (primary N) is 1. The summed E-state index contributed by atoms with van der Waals surface area (Å²) in [5, 5.41) is 13.6. The van der Waals surface area contributed by atoms with Gasteiger partial charge in [-0.15, -0.1) is 11.3 Å². The third kappa shape index (κ3) is 2.99. The van der Waals surface area contributed by atoms with Crippen molar-refractivity contribution in [1.82, 2.24) is 4.98 Å². The van der Waals surface area contributed by atoms with E-state index in [9.17, 15) is 10.1 Å². The SMILES string of the molecule is CC(N)(c1ccc([N+](=O)[O-])cc1)c1csc(-c2ccccc2)n1. The van der Waals surface area contributed by atoms with Gasteiger partial charge in [-0.3, -0.25) is 10.1 Å². The molecule has 3 rings (SSSR count). The van der Waals surface area contributed by atoms with Crippen LogP contribution in [0.25, 0.3) is 10.6 Å². The fourth-order valence-electron chi connectivity index (χ4n) is 2.30. The molecule has 1 atom stereocenters. The first-order valence-corrected chi connectivity index (χ1v) is 7.91. The average Bonchev–Trinajstić information content (AvgIpc) is 3.06. The van der Waals surface area contributed by atoms with Gasteiger partial charge >= 0.3 is 0 Å². The molecule has 23 heavy (non-hydrogen) atoms. The van der Waals surface area contributed by atoms with E-state index in [4.69, 9.17) is 5.73 Å². The molecule has 0 aliphatic heterocycles. The second-order valence-corrected chi connectivity index (χ2v) is 6.27. The first-order chi connectivity index (χ1) is 11.0. The Morgan fingerprint density at radius 2 is 1.78 bits per heavy atom. The molecule has 0 fully saturated rings. The highest BCUT2D eigenvalue weighted by atomic mass is 32.1. The summed E-state index contributed by atoms with van der Waals surface area (Å²) in [5.74, 6) is 0. The van der Waals surface area contributed by atoms with E-state index in [0.717, 1.165) is 21.8 Å². The van der Waals surface area contributed by atoms with Gasteiger partial charge in [0.25, 0.3) is 5.69 Å². The van der Waals surface area contributed by atoms with E-state index in [1.54, 1.807) is 12.1 Å². The zero-order chi connectivity index (χ0) is 16.4. The normalized spacial score (nSPS) is 13.5. The van der Waals surface area contributed by atoms with E-state index in [-0.39, 0.29) is 5.69 Å². The van der Waals surface area contributed by atoms with Gasteiger partial charge < -0.3 is 5.73 Å². The van der Waals surface area contributed by atoms with Gasteiger partial charge in [-0.25, -0.2) is 4.98 Å². The highest BCUT2D eigenvalue weighted by Gasteiger charge is 2.27. The Labute approximate surface area is 137 Å². The van der Waals surface area contributed by atoms with Crippen molar-refractivity contribution in [2.45, 2.75) is 12.5 Å². The number of thiazole rings is 1. The minimum Gasteiger partial charge on any atom is -0.317 e. The van der Waals surface area contributed by atoms with E-state index in [1.807, 2.05) is 42.6 Å². The predicted molar refractivity (Wildman–Crippen MR) is 91.3 cm³/mol. The van der Waals surface area contributed by atoms with Crippen LogP contribution in [0, 0.1) is 10.1 Å². The Morgan fingerprint density at radius 1 is 1.13 bits per heavy atom. The van der Waals surface area contributed by atoms with Crippen LogP contribution in [-0.2, 0) is 5.54 Å². The quantitative estimate of drug-likeness (QED) is 0.582. The first-order valence-electron chi connectivity index (χ1n) is 7.04. The summed E-state index contributed by atoms with van der Waals surface area (Å²) in [5.41, 5.74) is 8.27. The van der Waals surface area contributed by atoms with Crippen LogP contribution < -0.4 is 5.73 Å². The van der Waals surface area contributed by atoms with Crippen LogP contribution in [0.1, 0.15) is 18.2 Å². The van der Waals surface area contributed by atoms with E-state index in [2.05, 4.69) is 4.98 Å². The minimum absolute atomic E-state index is 0.0489. The summed E-state index contributed by atoms with van der Waals surface area (Å²) < 4.78 is 0. The highest BCUT2D eigenvalue weighted by Crippen LogP contribution is 2.32. The molecule has 1 heterocycles. The molecule has 0 amide bonds. The van der Waals surface area contributed by atoms with Gasteiger partial charge in [0.2, 0.25) is 0 Å². The van der Waals surface area contributed by atoms with Gasteiger partial charge in [0.15, 0.2) is 0 Å². The maximum Gasteiger partial charge on any atom is 0.269 e. The smallest absolute Gasteiger partial charge is 0.269 e. The zero-order valence-electron chi connectivity index (χ0n) is 12.5. The molecule has 1 aromatic heterocycles. The molecule has 0 spiro atoms. The molecule has 2 aromatic carbocycles. The number of non-ortho nitro benzene ring substituents is 1. The predicted octanol–water partition coefficient (Wildman–Crippen LogP) is 3.94. The van der Waals surface area contributed by atoms with E-state index < -0.39 is 10.5 Å². The van der Waals surface area contributed by atoms with Crippen molar-refractivity contribution in [2.24, 2.45) is 5.73 Å². The molecule has 0 saturated carbocycles. The lowest BCUT2D eigenvalue weighted by Gasteiger charge is -2.23. The number of nitro groups is 1. The Balaban J connectivity index is 1.93. The summed E-state index contributed by atoms with van der Waals surface area (Å²) in [6, 6.07) is 16.2. The minimum atomic E-state index is -0.807. The van der Waals surface area contributed by atoms with Crippen molar-refractivity contribution >= 4 is 17.0 Å². The standard InChI is InChI=1S/C17H15N3O2S/c1-17(18,13-7-9-14(10-8-13)20(21)22)15-11-23-16(19-15)12-5-3-2-4-6-12/h2-11H,18H2,1H3. The van der Waals surface area contributed by atoms with Gasteiger partial charge in [0.1, 0.15) is 5.01 Å². The molecule has 0 saturated heterocycles. The number of benzene rings is 2. The lowest BCUT2D eigenvalue weighted by molar-refractivity contribution is -0.384. The maximum absolute atomic E-state index is 10.8. The molecule has 116 valence electrons. The Bertz CT molecular complexity index is 827. The van der Waals surface area contributed by atoms with E-state index >= 15 is 0 Å². The van der Waals surface area contributed by atoms with Gasteiger partial charge in [0, 0.05) is 23.1 Å². The van der Waals surface area contributed by atoms with Crippen LogP contribution in [0.5, 0.6) is 0 Å². The van der Waals surface area contributed by atoms with Crippen LogP contribution in [0.3, 0.4) is 0 Å². The largest absolute Gasteiger partial charge is 0.317 e. The molecule has 0 bridgehead atoms. The first kappa shape index (κ1) is 15.3. The molecule has 0 aliphatic rings. The molecule has 0 aliphatic carbocycles. The number of aromatic nitrogens is 1. The molecule has 6 heteroatoms. The van der Waals surface area contributed by atoms with E-state index in [1.165, 1.54) is 23.5 Å². The Morgan fingerprint density at radius 3 is 2.39 bits per heavy atom. The third-order valence-electron chi connectivity index (χ3n) is 3.73. The summed E-state index contributed by atoms with van der Waals surface area (Å²) >= 11 is 1.53. The van der Waals surface area contributed by atoms with Crippen LogP contribution in [-0.4, -0.2) is 9.91 Å². The fraction of sp³-hybridized carbons (Fsp3) is 0.118. The van der Waals surface area contributed by atoms with Crippen LogP contribution in [0.15, 0.2) is 60.0 Å². The molecule has 1 unspecified atom stereocenters. The van der Waals surface area contributed by atoms with Gasteiger partial charge in [0.05, 0.1) is 16.2 Å². The van der Waals surface area contributed by atoms with Crippen molar-refractivity contribution in [3.63, 3.8) is 0 Å². The van der Waals surface area contributed by atoms with Crippen LogP contribution >= 0.6 is 11.3 Å². The molecule has 2 N–H and O–H groups in total. The summed E-state index contributed by atoms with van der Waals surface area (Å²) in [4.78, 5) is 15.0. The van der Waals surface area contributed by atoms with Crippen molar-refractivity contribution in [2.75, 3.05) is 0 Å². The van der Waals surface area contributed by atoms with Gasteiger partial charge in [-0.1, -0.05) is 30.3 Å². The molecule has 0 radical (unpaired) electrons. The molecular weight excluding hydrogens is 310 g/mol. The summed E-state index contributed by atoms with van der Waals surface area (Å²) in [7, 11) is 0. The van der Waals surface area contributed by atoms with Crippen LogP contribution in [0.2, 0.25) is 0 Å². The second kappa shape index (κ2) is 5.91. The number of nitrogens with zero attached hydrogens (tertiary/aromatic N) is 2. The highest BCUT2D eigenvalue weighted by molar-refractivity contribution is 7.13. The van der Waals surface area contributed by atoms with Crippen LogP contribution in [0.4, 0.5) is 5.69 Å². The molecule has 5 nitrogen and oxygen atoms in total. The Hall–Kier alpha value is -2.57. The number of rotatable bonds is 4. The van der Waals surface area contributed by atoms with Crippen molar-refractivity contribution in [3.8, 4) is 10.6 Å². The van der Waals surface area contributed by atoms with E-state index in [0.29, 0.717) is 0 Å². The molecular formula is C17H15N3O2S. The summed E-state index contributed by atoms with van der Waals surface area (Å²) in [6.45, 7) is 1.86. The van der Waals surface area contributed by atoms with Crippen molar-refractivity contribution < 1.29 is 4.92 Å². The lowest BCUT2D eigenvalue weighted by Crippen LogP contribution is -2.34. The number of nitro benzene ring substituents is 1. The maximum atomic E-state index is 10.8. The third-order valence-corrected chi connectivity index (χ3v) is 4.63. The zero-order valence-corrected chi connectivity index (χ0v) is 13.3. The second-order valence-electron chi connectivity index (χ2n) is 5.41. The lowest BCUT2D eigenvalue weighted by atomic mass is 9.90. The summed E-state index contributed by atoms with van der Waals surface area (Å²) in [6.07, 6.45) is 0. The number of hydrogen-bond donors (Lipinski definition) is 1. The Kier molecular flexibility index (Phi) is 3.94. The topological polar surface area (TPSA) is 82.0 Å². The average molecular weight is 325 g/mol. The monoisotopic (exact) mass is 325 g/mol. The molecule has 3 aromatic rings. The van der Waals surface area contributed by atoms with Crippen molar-refractivity contribution in [3.05, 3.63) is 81.3 Å². The van der Waals surface area contributed by atoms with Crippen molar-refractivity contribution in [1.29, 1.82) is 0 Å². The number of hydrogen-bond acceptors (Lipinski definition) is 5. The fourth-order valence-corrected chi connectivity index (χ4v) is 3.25.